The predicted octanol–water partition coefficient (Wildman–Crippen LogP) is 0.761. The van der Waals surface area contributed by atoms with E-state index in [2.05, 4.69) is 5.32 Å². The number of amides is 3. The first-order valence-corrected chi connectivity index (χ1v) is 11.2. The molecule has 0 aliphatic carbocycles. The molecule has 1 aromatic rings. The molecule has 0 aliphatic rings. The highest BCUT2D eigenvalue weighted by Gasteiger charge is 2.24. The van der Waals surface area contributed by atoms with Gasteiger partial charge in [0.15, 0.2) is 6.10 Å². The summed E-state index contributed by atoms with van der Waals surface area (Å²) in [6, 6.07) is 2.34. The maximum absolute atomic E-state index is 12.3. The zero-order valence-electron chi connectivity index (χ0n) is 16.6. The smallest absolute Gasteiger partial charge is 0.321 e. The van der Waals surface area contributed by atoms with Crippen molar-refractivity contribution in [1.82, 2.24) is 15.4 Å². The van der Waals surface area contributed by atoms with E-state index < -0.39 is 56.1 Å². The number of esters is 1. The number of thioether (sulfide) groups is 1. The third kappa shape index (κ3) is 7.61. The Morgan fingerprint density at radius 2 is 1.87 bits per heavy atom. The summed E-state index contributed by atoms with van der Waals surface area (Å²) in [4.78, 5) is 45.3. The van der Waals surface area contributed by atoms with Crippen molar-refractivity contribution >= 4 is 45.4 Å². The lowest BCUT2D eigenvalue weighted by Gasteiger charge is -2.14. The van der Waals surface area contributed by atoms with Crippen LogP contribution in [-0.4, -0.2) is 56.2 Å². The van der Waals surface area contributed by atoms with E-state index in [1.807, 2.05) is 10.0 Å². The van der Waals surface area contributed by atoms with Crippen molar-refractivity contribution in [3.8, 4) is 0 Å². The molecule has 1 rings (SSSR count). The minimum Gasteiger partial charge on any atom is -0.452 e. The number of benzene rings is 1. The molecule has 12 nitrogen and oxygen atoms in total. The Labute approximate surface area is 177 Å². The lowest BCUT2D eigenvalue weighted by Crippen LogP contribution is -2.47. The Bertz CT molecular complexity index is 933. The average molecular weight is 463 g/mol. The second-order valence-electron chi connectivity index (χ2n) is 6.16. The van der Waals surface area contributed by atoms with Crippen LogP contribution in [0, 0.1) is 10.1 Å². The number of rotatable bonds is 9. The van der Waals surface area contributed by atoms with Gasteiger partial charge >= 0.3 is 12.0 Å². The van der Waals surface area contributed by atoms with Crippen LogP contribution in [0.4, 0.5) is 10.5 Å². The summed E-state index contributed by atoms with van der Waals surface area (Å²) in [5.74, 6) is -1.98. The molecule has 0 saturated carbocycles. The monoisotopic (exact) mass is 462 g/mol. The SMILES string of the molecule is CSc1ccc(S(=O)(=O)NCC(=O)OC(C)C(=O)NC(=O)NC(C)C)cc1[N+](=O)[O-]. The summed E-state index contributed by atoms with van der Waals surface area (Å²) in [5, 5.41) is 15.5. The maximum atomic E-state index is 12.3. The van der Waals surface area contributed by atoms with Gasteiger partial charge in [-0.1, -0.05) is 0 Å². The highest BCUT2D eigenvalue weighted by atomic mass is 32.2. The molecule has 166 valence electrons. The molecular weight excluding hydrogens is 440 g/mol. The van der Waals surface area contributed by atoms with Gasteiger partial charge in [-0.05, 0) is 39.2 Å². The summed E-state index contributed by atoms with van der Waals surface area (Å²) in [5.41, 5.74) is -0.391. The highest BCUT2D eigenvalue weighted by molar-refractivity contribution is 7.98. The standard InChI is InChI=1S/C16H22N4O8S2/c1-9(2)18-16(23)19-15(22)10(3)28-14(21)8-17-30(26,27)11-5-6-13(29-4)12(7-11)20(24)25/h5-7,9-10,17H,8H2,1-4H3,(H2,18,19,22,23). The molecule has 0 heterocycles. The second kappa shape index (κ2) is 10.9. The number of nitrogens with one attached hydrogen (secondary N) is 3. The van der Waals surface area contributed by atoms with Crippen LogP contribution in [0.15, 0.2) is 28.0 Å². The first-order valence-electron chi connectivity index (χ1n) is 8.50. The van der Waals surface area contributed by atoms with Gasteiger partial charge in [0, 0.05) is 12.1 Å². The van der Waals surface area contributed by atoms with E-state index in [0.717, 1.165) is 23.9 Å². The molecule has 3 N–H and O–H groups in total. The Morgan fingerprint density at radius 3 is 2.40 bits per heavy atom. The van der Waals surface area contributed by atoms with Gasteiger partial charge in [0.2, 0.25) is 10.0 Å². The molecule has 0 spiro atoms. The zero-order valence-corrected chi connectivity index (χ0v) is 18.3. The van der Waals surface area contributed by atoms with E-state index in [1.165, 1.54) is 13.0 Å². The van der Waals surface area contributed by atoms with E-state index in [1.54, 1.807) is 20.1 Å². The van der Waals surface area contributed by atoms with Crippen molar-refractivity contribution in [3.63, 3.8) is 0 Å². The number of sulfonamides is 1. The van der Waals surface area contributed by atoms with Crippen molar-refractivity contribution in [2.75, 3.05) is 12.8 Å². The molecule has 1 aromatic carbocycles. The van der Waals surface area contributed by atoms with E-state index in [4.69, 9.17) is 4.74 Å². The number of urea groups is 1. The number of ether oxygens (including phenoxy) is 1. The highest BCUT2D eigenvalue weighted by Crippen LogP contribution is 2.29. The lowest BCUT2D eigenvalue weighted by atomic mass is 10.3. The molecule has 1 unspecified atom stereocenters. The van der Waals surface area contributed by atoms with Crippen LogP contribution < -0.4 is 15.4 Å². The van der Waals surface area contributed by atoms with Crippen LogP contribution in [0.3, 0.4) is 0 Å². The molecule has 0 radical (unpaired) electrons. The third-order valence-corrected chi connectivity index (χ3v) is 5.58. The summed E-state index contributed by atoms with van der Waals surface area (Å²) < 4.78 is 31.3. The van der Waals surface area contributed by atoms with Gasteiger partial charge in [0.25, 0.3) is 11.6 Å². The molecule has 1 atom stereocenters. The average Bonchev–Trinajstić information content (AvgIpc) is 2.64. The van der Waals surface area contributed by atoms with E-state index >= 15 is 0 Å². The third-order valence-electron chi connectivity index (χ3n) is 3.40. The van der Waals surface area contributed by atoms with E-state index in [9.17, 15) is 32.9 Å². The minimum atomic E-state index is -4.25. The van der Waals surface area contributed by atoms with Crippen LogP contribution in [0.2, 0.25) is 0 Å². The maximum Gasteiger partial charge on any atom is 0.321 e. The number of carbonyl (C=O) groups excluding carboxylic acids is 3. The molecule has 30 heavy (non-hydrogen) atoms. The van der Waals surface area contributed by atoms with Crippen molar-refractivity contribution in [1.29, 1.82) is 0 Å². The number of imide groups is 1. The van der Waals surface area contributed by atoms with E-state index in [-0.39, 0.29) is 10.9 Å². The lowest BCUT2D eigenvalue weighted by molar-refractivity contribution is -0.388. The number of nitro benzene ring substituents is 1. The van der Waals surface area contributed by atoms with Crippen LogP contribution in [-0.2, 0) is 24.3 Å². The van der Waals surface area contributed by atoms with Gasteiger partial charge in [0.05, 0.1) is 14.7 Å². The van der Waals surface area contributed by atoms with E-state index in [0.29, 0.717) is 0 Å². The summed E-state index contributed by atoms with van der Waals surface area (Å²) >= 11 is 1.08. The minimum absolute atomic E-state index is 0.217. The second-order valence-corrected chi connectivity index (χ2v) is 8.78. The number of carbonyl (C=O) groups is 3. The normalized spacial score (nSPS) is 12.2. The Morgan fingerprint density at radius 1 is 1.23 bits per heavy atom. The quantitative estimate of drug-likeness (QED) is 0.207. The fourth-order valence-electron chi connectivity index (χ4n) is 2.02. The van der Waals surface area contributed by atoms with Gasteiger partial charge in [-0.3, -0.25) is 25.0 Å². The molecule has 0 aliphatic heterocycles. The van der Waals surface area contributed by atoms with Crippen LogP contribution >= 0.6 is 11.8 Å². The van der Waals surface area contributed by atoms with Gasteiger partial charge in [-0.2, -0.15) is 4.72 Å². The zero-order chi connectivity index (χ0) is 23.1. The number of nitrogens with zero attached hydrogens (tertiary/aromatic N) is 1. The summed E-state index contributed by atoms with van der Waals surface area (Å²) in [6.07, 6.45) is 0.246. The fourth-order valence-corrected chi connectivity index (χ4v) is 3.56. The topological polar surface area (TPSA) is 174 Å². The number of hydrogen-bond acceptors (Lipinski definition) is 9. The molecule has 14 heteroatoms. The van der Waals surface area contributed by atoms with Crippen LogP contribution in [0.1, 0.15) is 20.8 Å². The largest absolute Gasteiger partial charge is 0.452 e. The van der Waals surface area contributed by atoms with Gasteiger partial charge in [-0.25, -0.2) is 13.2 Å². The van der Waals surface area contributed by atoms with Crippen molar-refractivity contribution in [3.05, 3.63) is 28.3 Å². The molecule has 3 amide bonds. The Kier molecular flexibility index (Phi) is 9.20. The van der Waals surface area contributed by atoms with Crippen molar-refractivity contribution in [2.24, 2.45) is 0 Å². The van der Waals surface area contributed by atoms with Gasteiger partial charge in [-0.15, -0.1) is 11.8 Å². The molecule has 0 saturated heterocycles. The first kappa shape index (κ1) is 25.3. The molecule has 0 fully saturated rings. The van der Waals surface area contributed by atoms with Crippen molar-refractivity contribution in [2.45, 2.75) is 42.7 Å². The summed E-state index contributed by atoms with van der Waals surface area (Å²) in [6.45, 7) is 3.75. The molecule has 0 bridgehead atoms. The Hall–Kier alpha value is -2.71. The van der Waals surface area contributed by atoms with Crippen LogP contribution in [0.25, 0.3) is 0 Å². The molecular formula is C16H22N4O8S2. The van der Waals surface area contributed by atoms with Gasteiger partial charge < -0.3 is 10.1 Å². The fraction of sp³-hybridized carbons (Fsp3) is 0.438. The summed E-state index contributed by atoms with van der Waals surface area (Å²) in [7, 11) is -4.25. The van der Waals surface area contributed by atoms with Crippen molar-refractivity contribution < 1.29 is 32.5 Å². The number of hydrogen-bond donors (Lipinski definition) is 3. The van der Waals surface area contributed by atoms with Gasteiger partial charge in [0.1, 0.15) is 6.54 Å². The van der Waals surface area contributed by atoms with Crippen LogP contribution in [0.5, 0.6) is 0 Å². The Balaban J connectivity index is 2.71. The number of nitro groups is 1. The molecule has 0 aromatic heterocycles. The first-order chi connectivity index (χ1) is 13.9. The predicted molar refractivity (Wildman–Crippen MR) is 107 cm³/mol.